The summed E-state index contributed by atoms with van der Waals surface area (Å²) in [7, 11) is 0. The van der Waals surface area contributed by atoms with Gasteiger partial charge in [-0.15, -0.1) is 0 Å². The van der Waals surface area contributed by atoms with Gasteiger partial charge in [0.15, 0.2) is 5.78 Å². The number of ketones is 1. The maximum Gasteiger partial charge on any atom is 0.334 e. The molecule has 0 saturated carbocycles. The number of ether oxygens (including phenoxy) is 2. The Morgan fingerprint density at radius 1 is 1.48 bits per heavy atom. The van der Waals surface area contributed by atoms with Crippen LogP contribution in [0.25, 0.3) is 0 Å². The minimum absolute atomic E-state index is 0.0103. The molecule has 1 heterocycles. The van der Waals surface area contributed by atoms with E-state index in [9.17, 15) is 24.6 Å². The van der Waals surface area contributed by atoms with Crippen LogP contribution in [-0.2, 0) is 23.9 Å². The summed E-state index contributed by atoms with van der Waals surface area (Å²) in [6, 6.07) is 0. The zero-order chi connectivity index (χ0) is 20.4. The van der Waals surface area contributed by atoms with Crippen LogP contribution < -0.4 is 0 Å². The van der Waals surface area contributed by atoms with Gasteiger partial charge in [0, 0.05) is 23.1 Å². The van der Waals surface area contributed by atoms with Crippen molar-refractivity contribution in [2.75, 3.05) is 6.61 Å². The van der Waals surface area contributed by atoms with Gasteiger partial charge in [-0.25, -0.2) is 9.59 Å². The average molecular weight is 376 g/mol. The highest BCUT2D eigenvalue weighted by Crippen LogP contribution is 2.37. The Bertz CT molecular complexity index is 754. The number of rotatable bonds is 3. The number of fused-ring (bicyclic) bond motifs is 1. The first-order valence-electron chi connectivity index (χ1n) is 8.60. The highest BCUT2D eigenvalue weighted by Gasteiger charge is 2.46. The summed E-state index contributed by atoms with van der Waals surface area (Å²) < 4.78 is 10.8. The molecule has 0 bridgehead atoms. The minimum Gasteiger partial charge on any atom is -0.458 e. The second kappa shape index (κ2) is 8.02. The minimum atomic E-state index is -1.50. The van der Waals surface area contributed by atoms with Crippen molar-refractivity contribution in [3.8, 4) is 0 Å². The smallest absolute Gasteiger partial charge is 0.334 e. The molecule has 2 aliphatic rings. The van der Waals surface area contributed by atoms with E-state index in [4.69, 9.17) is 9.47 Å². The molecular formula is C20H24O7. The topological polar surface area (TPSA) is 110 Å². The Labute approximate surface area is 157 Å². The average Bonchev–Trinajstić information content (AvgIpc) is 2.89. The van der Waals surface area contributed by atoms with Crippen molar-refractivity contribution in [3.05, 3.63) is 47.6 Å². The van der Waals surface area contributed by atoms with Gasteiger partial charge in [-0.3, -0.25) is 4.79 Å². The third-order valence-corrected chi connectivity index (χ3v) is 4.74. The number of esters is 2. The fraction of sp³-hybridized carbons (Fsp3) is 0.450. The number of aliphatic hydroxyl groups excluding tert-OH is 1. The number of hydrogen-bond acceptors (Lipinski definition) is 7. The summed E-state index contributed by atoms with van der Waals surface area (Å²) >= 11 is 0. The molecule has 146 valence electrons. The maximum atomic E-state index is 12.3. The Morgan fingerprint density at radius 3 is 2.74 bits per heavy atom. The largest absolute Gasteiger partial charge is 0.458 e. The van der Waals surface area contributed by atoms with E-state index in [2.05, 4.69) is 6.58 Å². The number of carbonyl (C=O) groups is 3. The van der Waals surface area contributed by atoms with Crippen molar-refractivity contribution in [1.82, 2.24) is 0 Å². The van der Waals surface area contributed by atoms with Crippen molar-refractivity contribution in [2.24, 2.45) is 5.92 Å². The van der Waals surface area contributed by atoms with Crippen molar-refractivity contribution in [1.29, 1.82) is 0 Å². The van der Waals surface area contributed by atoms with E-state index in [1.807, 2.05) is 0 Å². The Kier molecular flexibility index (Phi) is 6.18. The van der Waals surface area contributed by atoms with Gasteiger partial charge in [-0.05, 0) is 39.0 Å². The highest BCUT2D eigenvalue weighted by molar-refractivity contribution is 6.04. The van der Waals surface area contributed by atoms with Crippen LogP contribution in [0.15, 0.2) is 47.6 Å². The molecule has 0 aromatic carbocycles. The van der Waals surface area contributed by atoms with Crippen LogP contribution >= 0.6 is 0 Å². The fourth-order valence-electron chi connectivity index (χ4n) is 3.02. The molecule has 27 heavy (non-hydrogen) atoms. The molecule has 7 heteroatoms. The van der Waals surface area contributed by atoms with Crippen LogP contribution in [0, 0.1) is 5.92 Å². The van der Waals surface area contributed by atoms with Gasteiger partial charge in [-0.2, -0.15) is 0 Å². The summed E-state index contributed by atoms with van der Waals surface area (Å²) in [6.45, 7) is 7.90. The Hall–Kier alpha value is -2.51. The molecule has 1 fully saturated rings. The summed E-state index contributed by atoms with van der Waals surface area (Å²) in [4.78, 5) is 36.6. The number of allylic oxidation sites excluding steroid dienone is 2. The first-order valence-corrected chi connectivity index (χ1v) is 8.60. The first kappa shape index (κ1) is 20.8. The van der Waals surface area contributed by atoms with Crippen LogP contribution in [0.3, 0.4) is 0 Å². The fourth-order valence-corrected chi connectivity index (χ4v) is 3.02. The monoisotopic (exact) mass is 376 g/mol. The van der Waals surface area contributed by atoms with E-state index in [0.29, 0.717) is 5.57 Å². The van der Waals surface area contributed by atoms with E-state index in [0.717, 1.165) is 6.08 Å². The second-order valence-electron chi connectivity index (χ2n) is 6.95. The van der Waals surface area contributed by atoms with E-state index < -0.39 is 48.1 Å². The predicted molar refractivity (Wildman–Crippen MR) is 96.4 cm³/mol. The number of hydrogen-bond donors (Lipinski definition) is 2. The Morgan fingerprint density at radius 2 is 2.15 bits per heavy atom. The lowest BCUT2D eigenvalue weighted by Gasteiger charge is -2.31. The normalized spacial score (nSPS) is 35.0. The molecule has 1 saturated heterocycles. The van der Waals surface area contributed by atoms with Gasteiger partial charge in [0.1, 0.15) is 12.2 Å². The number of carbonyl (C=O) groups excluding carboxylic acids is 3. The molecule has 2 N–H and O–H groups in total. The molecule has 1 aliphatic heterocycles. The molecule has 0 aromatic heterocycles. The van der Waals surface area contributed by atoms with Crippen molar-refractivity contribution < 1.29 is 34.1 Å². The second-order valence-corrected chi connectivity index (χ2v) is 6.95. The standard InChI is InChI=1S/C20H24O7/c1-5-11(2)18(23)27-16-9-20(4,25)7-6-14(22)13(10-21)8-15-17(16)12(3)19(24)26-15/h5-8,15-17,21,25H,3,9-10H2,1-2,4H3/b7-6-,11-5+,13-8-. The van der Waals surface area contributed by atoms with Gasteiger partial charge in [0.2, 0.25) is 0 Å². The molecule has 4 atom stereocenters. The van der Waals surface area contributed by atoms with Gasteiger partial charge in [0.05, 0.1) is 18.1 Å². The molecule has 4 unspecified atom stereocenters. The summed E-state index contributed by atoms with van der Waals surface area (Å²) in [6.07, 6.45) is 3.41. The number of aliphatic hydroxyl groups is 2. The van der Waals surface area contributed by atoms with E-state index in [1.54, 1.807) is 19.9 Å². The quantitative estimate of drug-likeness (QED) is 0.562. The lowest BCUT2D eigenvalue weighted by molar-refractivity contribution is -0.150. The summed E-state index contributed by atoms with van der Waals surface area (Å²) in [5, 5.41) is 20.1. The molecule has 0 amide bonds. The zero-order valence-electron chi connectivity index (χ0n) is 15.6. The highest BCUT2D eigenvalue weighted by atomic mass is 16.6. The molecule has 0 radical (unpaired) electrons. The van der Waals surface area contributed by atoms with E-state index >= 15 is 0 Å². The molecular weight excluding hydrogens is 352 g/mol. The first-order chi connectivity index (χ1) is 12.6. The third-order valence-electron chi connectivity index (χ3n) is 4.74. The summed E-state index contributed by atoms with van der Waals surface area (Å²) in [5.74, 6) is -2.57. The molecule has 0 spiro atoms. The Balaban J connectivity index is 2.53. The van der Waals surface area contributed by atoms with Crippen LogP contribution in [0.4, 0.5) is 0 Å². The van der Waals surface area contributed by atoms with Crippen LogP contribution in [0.2, 0.25) is 0 Å². The van der Waals surface area contributed by atoms with Gasteiger partial charge in [0.25, 0.3) is 0 Å². The van der Waals surface area contributed by atoms with Gasteiger partial charge < -0.3 is 19.7 Å². The lowest BCUT2D eigenvalue weighted by Crippen LogP contribution is -2.40. The molecule has 7 nitrogen and oxygen atoms in total. The van der Waals surface area contributed by atoms with Gasteiger partial charge in [-0.1, -0.05) is 12.7 Å². The van der Waals surface area contributed by atoms with Crippen LogP contribution in [0.5, 0.6) is 0 Å². The zero-order valence-corrected chi connectivity index (χ0v) is 15.6. The SMILES string of the molecule is C=C1C(=O)OC2/C=C(/CO)C(=O)/C=C\C(C)(O)CC(OC(=O)/C(C)=C/C)C12. The maximum absolute atomic E-state index is 12.3. The van der Waals surface area contributed by atoms with E-state index in [-0.39, 0.29) is 17.6 Å². The van der Waals surface area contributed by atoms with Crippen LogP contribution in [-0.4, -0.2) is 52.4 Å². The van der Waals surface area contributed by atoms with Crippen molar-refractivity contribution in [2.45, 2.75) is 45.0 Å². The summed E-state index contributed by atoms with van der Waals surface area (Å²) in [5.41, 5.74) is -1.04. The van der Waals surface area contributed by atoms with E-state index in [1.165, 1.54) is 19.1 Å². The van der Waals surface area contributed by atoms with Crippen molar-refractivity contribution >= 4 is 17.7 Å². The molecule has 1 aliphatic carbocycles. The third kappa shape index (κ3) is 4.61. The predicted octanol–water partition coefficient (Wildman–Crippen LogP) is 1.16. The van der Waals surface area contributed by atoms with Crippen LogP contribution in [0.1, 0.15) is 27.2 Å². The molecule has 2 rings (SSSR count). The van der Waals surface area contributed by atoms with Gasteiger partial charge >= 0.3 is 11.9 Å². The van der Waals surface area contributed by atoms with Crippen molar-refractivity contribution in [3.63, 3.8) is 0 Å². The molecule has 0 aromatic rings. The lowest BCUT2D eigenvalue weighted by atomic mass is 9.82.